The first kappa shape index (κ1) is 14.3. The topological polar surface area (TPSA) is 67.3 Å². The molecule has 0 bridgehead atoms. The summed E-state index contributed by atoms with van der Waals surface area (Å²) < 4.78 is 5.74. The Balaban J connectivity index is 1.97. The molecule has 20 heavy (non-hydrogen) atoms. The van der Waals surface area contributed by atoms with Crippen molar-refractivity contribution >= 4 is 5.82 Å². The van der Waals surface area contributed by atoms with Crippen LogP contribution < -0.4 is 10.1 Å². The van der Waals surface area contributed by atoms with E-state index in [-0.39, 0.29) is 6.61 Å². The summed E-state index contributed by atoms with van der Waals surface area (Å²) in [5.41, 5.74) is 1.76. The lowest BCUT2D eigenvalue weighted by Crippen LogP contribution is -2.04. The van der Waals surface area contributed by atoms with Crippen LogP contribution in [0.2, 0.25) is 0 Å². The molecule has 0 aliphatic rings. The zero-order chi connectivity index (χ0) is 14.2. The van der Waals surface area contributed by atoms with E-state index in [2.05, 4.69) is 15.3 Å². The first-order valence-corrected chi connectivity index (χ1v) is 6.70. The maximum atomic E-state index is 9.03. The molecular formula is C15H19N3O2. The van der Waals surface area contributed by atoms with E-state index >= 15 is 0 Å². The Morgan fingerprint density at radius 2 is 2.05 bits per heavy atom. The molecule has 0 radical (unpaired) electrons. The van der Waals surface area contributed by atoms with Crippen molar-refractivity contribution in [3.63, 3.8) is 0 Å². The van der Waals surface area contributed by atoms with Gasteiger partial charge in [0.05, 0.1) is 18.1 Å². The Morgan fingerprint density at radius 1 is 1.20 bits per heavy atom. The summed E-state index contributed by atoms with van der Waals surface area (Å²) in [6.45, 7) is 3.30. The van der Waals surface area contributed by atoms with Crippen molar-refractivity contribution < 1.29 is 9.84 Å². The number of hydrogen-bond donors (Lipinski definition) is 2. The fraction of sp³-hybridized carbons (Fsp3) is 0.333. The molecule has 1 aromatic carbocycles. The molecule has 0 aliphatic heterocycles. The molecule has 0 unspecified atom stereocenters. The van der Waals surface area contributed by atoms with Crippen LogP contribution in [0, 0.1) is 0 Å². The molecule has 0 atom stereocenters. The van der Waals surface area contributed by atoms with Crippen molar-refractivity contribution in [1.29, 1.82) is 0 Å². The van der Waals surface area contributed by atoms with E-state index in [1.54, 1.807) is 12.4 Å². The van der Waals surface area contributed by atoms with E-state index in [4.69, 9.17) is 9.84 Å². The van der Waals surface area contributed by atoms with Gasteiger partial charge in [0, 0.05) is 13.2 Å². The minimum atomic E-state index is 0.109. The molecule has 0 spiro atoms. The van der Waals surface area contributed by atoms with Gasteiger partial charge in [-0.1, -0.05) is 18.2 Å². The molecular weight excluding hydrogens is 254 g/mol. The van der Waals surface area contributed by atoms with Crippen LogP contribution in [-0.2, 0) is 13.0 Å². The van der Waals surface area contributed by atoms with Gasteiger partial charge in [0.2, 0.25) is 0 Å². The van der Waals surface area contributed by atoms with E-state index in [1.807, 2.05) is 31.2 Å². The summed E-state index contributed by atoms with van der Waals surface area (Å²) in [7, 11) is 0. The Kier molecular flexibility index (Phi) is 5.32. The minimum Gasteiger partial charge on any atom is -0.487 e. The predicted octanol–water partition coefficient (Wildman–Crippen LogP) is 2.02. The van der Waals surface area contributed by atoms with Crippen LogP contribution >= 0.6 is 0 Å². The van der Waals surface area contributed by atoms with Crippen LogP contribution in [0.1, 0.15) is 18.2 Å². The van der Waals surface area contributed by atoms with Crippen molar-refractivity contribution in [3.8, 4) is 5.75 Å². The zero-order valence-electron chi connectivity index (χ0n) is 11.5. The van der Waals surface area contributed by atoms with Gasteiger partial charge in [0.15, 0.2) is 0 Å². The van der Waals surface area contributed by atoms with Crippen LogP contribution in [0.4, 0.5) is 5.82 Å². The lowest BCUT2D eigenvalue weighted by atomic mass is 10.1. The summed E-state index contributed by atoms with van der Waals surface area (Å²) in [4.78, 5) is 8.53. The van der Waals surface area contributed by atoms with E-state index in [0.29, 0.717) is 13.0 Å². The number of hydrogen-bond acceptors (Lipinski definition) is 5. The minimum absolute atomic E-state index is 0.109. The number of aliphatic hydroxyl groups is 1. The second-order valence-electron chi connectivity index (χ2n) is 4.29. The van der Waals surface area contributed by atoms with Crippen LogP contribution in [-0.4, -0.2) is 28.2 Å². The van der Waals surface area contributed by atoms with Gasteiger partial charge in [0.1, 0.15) is 18.2 Å². The largest absolute Gasteiger partial charge is 0.487 e. The van der Waals surface area contributed by atoms with Crippen molar-refractivity contribution in [2.45, 2.75) is 20.0 Å². The monoisotopic (exact) mass is 273 g/mol. The van der Waals surface area contributed by atoms with Crippen molar-refractivity contribution in [3.05, 3.63) is 47.9 Å². The zero-order valence-corrected chi connectivity index (χ0v) is 11.5. The van der Waals surface area contributed by atoms with Crippen molar-refractivity contribution in [2.75, 3.05) is 18.5 Å². The summed E-state index contributed by atoms with van der Waals surface area (Å²) in [6.07, 6.45) is 3.98. The lowest BCUT2D eigenvalue weighted by molar-refractivity contribution is 0.281. The van der Waals surface area contributed by atoms with E-state index in [9.17, 15) is 0 Å². The summed E-state index contributed by atoms with van der Waals surface area (Å²) in [6, 6.07) is 7.69. The van der Waals surface area contributed by atoms with Gasteiger partial charge in [-0.3, -0.25) is 4.98 Å². The molecule has 2 aromatic rings. The molecule has 2 rings (SSSR count). The third-order valence-electron chi connectivity index (χ3n) is 2.79. The molecule has 0 fully saturated rings. The normalized spacial score (nSPS) is 10.3. The summed E-state index contributed by atoms with van der Waals surface area (Å²) in [5, 5.41) is 12.1. The number of aromatic nitrogens is 2. The summed E-state index contributed by atoms with van der Waals surface area (Å²) in [5.74, 6) is 1.54. The maximum absolute atomic E-state index is 9.03. The molecule has 106 valence electrons. The number of anilines is 1. The highest BCUT2D eigenvalue weighted by Crippen LogP contribution is 2.19. The van der Waals surface area contributed by atoms with Gasteiger partial charge in [-0.2, -0.15) is 0 Å². The second-order valence-corrected chi connectivity index (χ2v) is 4.29. The molecule has 0 aliphatic carbocycles. The van der Waals surface area contributed by atoms with Crippen LogP contribution in [0.3, 0.4) is 0 Å². The number of para-hydroxylation sites is 1. The molecule has 5 nitrogen and oxygen atoms in total. The highest BCUT2D eigenvalue weighted by atomic mass is 16.5. The lowest BCUT2D eigenvalue weighted by Gasteiger charge is -2.10. The number of benzene rings is 1. The van der Waals surface area contributed by atoms with Gasteiger partial charge in [-0.15, -0.1) is 0 Å². The number of nitrogens with zero attached hydrogens (tertiary/aromatic N) is 2. The average Bonchev–Trinajstić information content (AvgIpc) is 2.48. The van der Waals surface area contributed by atoms with Crippen LogP contribution in [0.25, 0.3) is 0 Å². The third-order valence-corrected chi connectivity index (χ3v) is 2.79. The van der Waals surface area contributed by atoms with E-state index in [0.717, 1.165) is 29.4 Å². The highest BCUT2D eigenvalue weighted by molar-refractivity contribution is 5.34. The fourth-order valence-corrected chi connectivity index (χ4v) is 1.83. The molecule has 2 N–H and O–H groups in total. The number of nitrogens with one attached hydrogen (secondary N) is 1. The molecule has 0 saturated heterocycles. The van der Waals surface area contributed by atoms with Gasteiger partial charge >= 0.3 is 0 Å². The predicted molar refractivity (Wildman–Crippen MR) is 77.8 cm³/mol. The number of ether oxygens (including phenoxy) is 1. The van der Waals surface area contributed by atoms with Crippen molar-refractivity contribution in [1.82, 2.24) is 9.97 Å². The van der Waals surface area contributed by atoms with E-state index in [1.165, 1.54) is 0 Å². The van der Waals surface area contributed by atoms with Gasteiger partial charge in [-0.25, -0.2) is 4.98 Å². The van der Waals surface area contributed by atoms with E-state index < -0.39 is 0 Å². The Labute approximate surface area is 118 Å². The average molecular weight is 273 g/mol. The standard InChI is InChI=1S/C15H19N3O2/c1-2-16-15-10-17-13(9-18-15)11-20-14-6-4-3-5-12(14)7-8-19/h3-6,9-10,19H,2,7-8,11H2,1H3,(H,16,18). The van der Waals surface area contributed by atoms with Crippen LogP contribution in [0.5, 0.6) is 5.75 Å². The molecule has 5 heteroatoms. The Bertz CT molecular complexity index is 529. The fourth-order valence-electron chi connectivity index (χ4n) is 1.83. The third kappa shape index (κ3) is 3.93. The highest BCUT2D eigenvalue weighted by Gasteiger charge is 2.04. The van der Waals surface area contributed by atoms with Crippen LogP contribution in [0.15, 0.2) is 36.7 Å². The van der Waals surface area contributed by atoms with Gasteiger partial charge in [0.25, 0.3) is 0 Å². The second kappa shape index (κ2) is 7.45. The number of rotatable bonds is 7. The molecule has 0 amide bonds. The SMILES string of the molecule is CCNc1cnc(COc2ccccc2CCO)cn1. The molecule has 1 heterocycles. The maximum Gasteiger partial charge on any atom is 0.144 e. The molecule has 0 saturated carbocycles. The summed E-state index contributed by atoms with van der Waals surface area (Å²) >= 11 is 0. The quantitative estimate of drug-likeness (QED) is 0.808. The first-order valence-electron chi connectivity index (χ1n) is 6.70. The van der Waals surface area contributed by atoms with Crippen molar-refractivity contribution in [2.24, 2.45) is 0 Å². The first-order chi connectivity index (χ1) is 9.83. The number of aliphatic hydroxyl groups excluding tert-OH is 1. The smallest absolute Gasteiger partial charge is 0.144 e. The Hall–Kier alpha value is -2.14. The Morgan fingerprint density at radius 3 is 2.75 bits per heavy atom. The van der Waals surface area contributed by atoms with Gasteiger partial charge < -0.3 is 15.2 Å². The molecule has 1 aromatic heterocycles. The van der Waals surface area contributed by atoms with Gasteiger partial charge in [-0.05, 0) is 25.0 Å².